The molecular weight excluding hydrogens is 274 g/mol. The topological polar surface area (TPSA) is 53.9 Å². The van der Waals surface area contributed by atoms with E-state index in [4.69, 9.17) is 9.47 Å². The van der Waals surface area contributed by atoms with Crippen LogP contribution in [0.25, 0.3) is 0 Å². The summed E-state index contributed by atoms with van der Waals surface area (Å²) >= 11 is -1.13. The van der Waals surface area contributed by atoms with E-state index in [9.17, 15) is 4.55 Å². The number of nitrogens with zero attached hydrogens (tertiary/aromatic N) is 1. The van der Waals surface area contributed by atoms with Crippen molar-refractivity contribution in [1.82, 2.24) is 0 Å². The van der Waals surface area contributed by atoms with Crippen LogP contribution in [0.1, 0.15) is 66.2 Å². The highest BCUT2D eigenvalue weighted by atomic mass is 32.2. The zero-order chi connectivity index (χ0) is 15.1. The molecule has 0 N–H and O–H groups in total. The van der Waals surface area contributed by atoms with Crippen LogP contribution in [-0.4, -0.2) is 34.5 Å². The van der Waals surface area contributed by atoms with E-state index in [0.717, 1.165) is 51.7 Å². The van der Waals surface area contributed by atoms with Crippen LogP contribution < -0.4 is 0 Å². The summed E-state index contributed by atoms with van der Waals surface area (Å²) in [4.78, 5) is 0. The van der Waals surface area contributed by atoms with Crippen LogP contribution >= 0.6 is 0 Å². The van der Waals surface area contributed by atoms with Crippen LogP contribution in [0, 0.1) is 0 Å². The summed E-state index contributed by atoms with van der Waals surface area (Å²) in [5.74, 6) is -0.318. The Bertz CT molecular complexity index is 296. The van der Waals surface area contributed by atoms with Gasteiger partial charge in [0, 0.05) is 6.42 Å². The van der Waals surface area contributed by atoms with Gasteiger partial charge in [-0.3, -0.25) is 0 Å². The third-order valence-electron chi connectivity index (χ3n) is 3.44. The molecule has 0 aromatic carbocycles. The monoisotopic (exact) mass is 303 g/mol. The van der Waals surface area contributed by atoms with Gasteiger partial charge in [-0.1, -0.05) is 17.7 Å². The third-order valence-corrected chi connectivity index (χ3v) is 4.83. The van der Waals surface area contributed by atoms with Gasteiger partial charge >= 0.3 is 0 Å². The first-order chi connectivity index (χ1) is 9.40. The Morgan fingerprint density at radius 3 is 2.40 bits per heavy atom. The molecule has 0 bridgehead atoms. The van der Waals surface area contributed by atoms with Gasteiger partial charge in [0.05, 0.1) is 19.4 Å². The van der Waals surface area contributed by atoms with E-state index in [0.29, 0.717) is 0 Å². The zero-order valence-corrected chi connectivity index (χ0v) is 14.1. The van der Waals surface area contributed by atoms with Gasteiger partial charge < -0.3 is 14.0 Å². The minimum absolute atomic E-state index is 0.263. The second-order valence-corrected chi connectivity index (χ2v) is 8.14. The number of unbranched alkanes of at least 4 members (excludes halogenated alkanes) is 3. The summed E-state index contributed by atoms with van der Waals surface area (Å²) in [7, 11) is 0. The van der Waals surface area contributed by atoms with Crippen LogP contribution in [0.15, 0.2) is 4.40 Å². The van der Waals surface area contributed by atoms with Gasteiger partial charge in [-0.2, -0.15) is 0 Å². The lowest BCUT2D eigenvalue weighted by Crippen LogP contribution is -2.28. The first kappa shape index (κ1) is 18.0. The fourth-order valence-corrected chi connectivity index (χ4v) is 2.66. The van der Waals surface area contributed by atoms with Crippen molar-refractivity contribution in [3.05, 3.63) is 0 Å². The quantitative estimate of drug-likeness (QED) is 0.391. The van der Waals surface area contributed by atoms with E-state index in [-0.39, 0.29) is 10.5 Å². The molecule has 4 nitrogen and oxygen atoms in total. The second-order valence-electron chi connectivity index (χ2n) is 6.21. The molecule has 0 amide bonds. The Kier molecular flexibility index (Phi) is 7.51. The van der Waals surface area contributed by atoms with Gasteiger partial charge in [0.2, 0.25) is 0 Å². The van der Waals surface area contributed by atoms with Gasteiger partial charge in [0.1, 0.15) is 16.1 Å². The average Bonchev–Trinajstić information content (AvgIpc) is 2.85. The van der Waals surface area contributed by atoms with Gasteiger partial charge in [0.15, 0.2) is 5.79 Å². The van der Waals surface area contributed by atoms with E-state index >= 15 is 0 Å². The first-order valence-corrected chi connectivity index (χ1v) is 8.73. The summed E-state index contributed by atoms with van der Waals surface area (Å²) in [6.45, 7) is 9.36. The molecule has 0 aromatic heterocycles. The lowest BCUT2D eigenvalue weighted by molar-refractivity contribution is -0.164. The molecule has 0 unspecified atom stereocenters. The molecule has 1 rings (SSSR count). The van der Waals surface area contributed by atoms with Gasteiger partial charge in [-0.05, 0) is 46.5 Å². The van der Waals surface area contributed by atoms with Crippen LogP contribution in [0.2, 0.25) is 0 Å². The molecule has 0 saturated carbocycles. The predicted molar refractivity (Wildman–Crippen MR) is 84.4 cm³/mol. The number of rotatable bonds is 8. The maximum atomic E-state index is 11.7. The van der Waals surface area contributed by atoms with Crippen LogP contribution in [0.4, 0.5) is 0 Å². The minimum Gasteiger partial charge on any atom is -0.591 e. The molecule has 1 fully saturated rings. The van der Waals surface area contributed by atoms with Crippen molar-refractivity contribution < 1.29 is 14.0 Å². The molecule has 1 atom stereocenters. The molecule has 20 heavy (non-hydrogen) atoms. The van der Waals surface area contributed by atoms with Crippen molar-refractivity contribution in [1.29, 1.82) is 0 Å². The largest absolute Gasteiger partial charge is 0.591 e. The zero-order valence-electron chi connectivity index (χ0n) is 13.3. The fraction of sp³-hybridized carbons (Fsp3) is 0.933. The lowest BCUT2D eigenvalue weighted by Gasteiger charge is -2.25. The van der Waals surface area contributed by atoms with Crippen molar-refractivity contribution in [2.75, 3.05) is 13.2 Å². The Hall–Kier alpha value is -0.100. The maximum absolute atomic E-state index is 11.7. The van der Waals surface area contributed by atoms with Crippen molar-refractivity contribution in [2.24, 2.45) is 4.40 Å². The van der Waals surface area contributed by atoms with Crippen molar-refractivity contribution in [2.45, 2.75) is 76.8 Å². The highest BCUT2D eigenvalue weighted by Gasteiger charge is 2.33. The van der Waals surface area contributed by atoms with E-state index in [1.165, 1.54) is 0 Å². The summed E-state index contributed by atoms with van der Waals surface area (Å²) in [6.07, 6.45) is 7.88. The second kappa shape index (κ2) is 8.37. The molecule has 5 heteroatoms. The molecule has 0 aliphatic carbocycles. The highest BCUT2D eigenvalue weighted by Crippen LogP contribution is 2.29. The van der Waals surface area contributed by atoms with Crippen molar-refractivity contribution in [3.8, 4) is 0 Å². The molecule has 1 aliphatic rings. The summed E-state index contributed by atoms with van der Waals surface area (Å²) in [6, 6.07) is 0. The van der Waals surface area contributed by atoms with Gasteiger partial charge in [-0.25, -0.2) is 0 Å². The molecule has 0 spiro atoms. The van der Waals surface area contributed by atoms with E-state index in [2.05, 4.69) is 11.3 Å². The highest BCUT2D eigenvalue weighted by molar-refractivity contribution is 7.91. The number of hydrogen-bond acceptors (Lipinski definition) is 4. The summed E-state index contributed by atoms with van der Waals surface area (Å²) in [5, 5.41) is 0. The van der Waals surface area contributed by atoms with Crippen LogP contribution in [-0.2, 0) is 20.8 Å². The molecular formula is C15H29NO3S. The van der Waals surface area contributed by atoms with Gasteiger partial charge in [0.25, 0.3) is 0 Å². The summed E-state index contributed by atoms with van der Waals surface area (Å²) in [5.41, 5.74) is 0. The smallest absolute Gasteiger partial charge is 0.168 e. The Balaban J connectivity index is 2.09. The predicted octanol–water partition coefficient (Wildman–Crippen LogP) is 3.62. The molecule has 1 aliphatic heterocycles. The SMILES string of the molecule is CCC1(CCCCC/C=N/[S@+]([O-])C(C)(C)C)OCCO1. The Morgan fingerprint density at radius 1 is 1.20 bits per heavy atom. The Morgan fingerprint density at radius 2 is 1.85 bits per heavy atom. The number of ether oxygens (including phenoxy) is 2. The fourth-order valence-electron chi connectivity index (χ4n) is 2.11. The normalized spacial score (nSPS) is 20.6. The van der Waals surface area contributed by atoms with Crippen LogP contribution in [0.5, 0.6) is 0 Å². The standard InChI is InChI=1S/C15H29NO3S/c1-5-15(18-12-13-19-15)10-8-6-7-9-11-16-20(17)14(2,3)4/h11H,5-10,12-13H2,1-4H3/b16-11+/t20-/m1/s1. The first-order valence-electron chi connectivity index (χ1n) is 7.62. The Labute approximate surface area is 126 Å². The van der Waals surface area contributed by atoms with Crippen molar-refractivity contribution in [3.63, 3.8) is 0 Å². The lowest BCUT2D eigenvalue weighted by atomic mass is 10.0. The average molecular weight is 303 g/mol. The minimum atomic E-state index is -1.13. The molecule has 1 heterocycles. The molecule has 1 saturated heterocycles. The third kappa shape index (κ3) is 6.12. The van der Waals surface area contributed by atoms with E-state index in [1.807, 2.05) is 20.8 Å². The molecule has 0 radical (unpaired) electrons. The maximum Gasteiger partial charge on any atom is 0.168 e. The van der Waals surface area contributed by atoms with Crippen molar-refractivity contribution >= 4 is 17.6 Å². The molecule has 118 valence electrons. The summed E-state index contributed by atoms with van der Waals surface area (Å²) < 4.78 is 26.9. The van der Waals surface area contributed by atoms with E-state index < -0.39 is 11.4 Å². The van der Waals surface area contributed by atoms with Crippen LogP contribution in [0.3, 0.4) is 0 Å². The van der Waals surface area contributed by atoms with Gasteiger partial charge in [-0.15, -0.1) is 0 Å². The number of hydrogen-bond donors (Lipinski definition) is 0. The molecule has 0 aromatic rings. The van der Waals surface area contributed by atoms with E-state index in [1.54, 1.807) is 6.21 Å².